The highest BCUT2D eigenvalue weighted by atomic mass is 32.2. The van der Waals surface area contributed by atoms with Crippen LogP contribution in [0.4, 0.5) is 0 Å². The van der Waals surface area contributed by atoms with Crippen LogP contribution >= 0.6 is 0 Å². The molecule has 0 aliphatic heterocycles. The lowest BCUT2D eigenvalue weighted by Crippen LogP contribution is -2.15. The van der Waals surface area contributed by atoms with E-state index in [0.717, 1.165) is 13.0 Å². The lowest BCUT2D eigenvalue weighted by Gasteiger charge is -2.08. The van der Waals surface area contributed by atoms with Crippen molar-refractivity contribution in [3.8, 4) is 0 Å². The summed E-state index contributed by atoms with van der Waals surface area (Å²) in [5, 5.41) is 0. The highest BCUT2D eigenvalue weighted by molar-refractivity contribution is 7.86. The number of rotatable bonds is 26. The lowest BCUT2D eigenvalue weighted by molar-refractivity contribution is -0.0127. The van der Waals surface area contributed by atoms with E-state index in [1.54, 1.807) is 18.2 Å². The first-order valence-corrected chi connectivity index (χ1v) is 14.4. The van der Waals surface area contributed by atoms with Crippen LogP contribution in [0.25, 0.3) is 0 Å². The normalized spacial score (nSPS) is 11.8. The van der Waals surface area contributed by atoms with E-state index in [0.29, 0.717) is 52.9 Å². The van der Waals surface area contributed by atoms with Crippen molar-refractivity contribution in [2.24, 2.45) is 0 Å². The Morgan fingerprint density at radius 3 is 1.40 bits per heavy atom. The molecule has 0 heterocycles. The van der Waals surface area contributed by atoms with E-state index in [2.05, 4.69) is 6.92 Å². The Morgan fingerprint density at radius 2 is 0.914 bits per heavy atom. The first-order chi connectivity index (χ1) is 17.2. The Kier molecular flexibility index (Phi) is 21.3. The molecular weight excluding hydrogens is 472 g/mol. The van der Waals surface area contributed by atoms with Crippen LogP contribution in [0.15, 0.2) is 35.2 Å². The zero-order valence-corrected chi connectivity index (χ0v) is 22.3. The summed E-state index contributed by atoms with van der Waals surface area (Å²) in [4.78, 5) is 0.135. The molecule has 0 unspecified atom stereocenters. The molecule has 0 aliphatic rings. The number of unbranched alkanes of at least 4 members (excludes halogenated alkanes) is 7. The third-order valence-corrected chi connectivity index (χ3v) is 6.45. The molecule has 0 radical (unpaired) electrons. The van der Waals surface area contributed by atoms with Crippen LogP contribution in [-0.2, 0) is 38.0 Å². The van der Waals surface area contributed by atoms with Crippen molar-refractivity contribution in [1.82, 2.24) is 0 Å². The molecular formula is C26H46O8S. The van der Waals surface area contributed by atoms with Crippen LogP contribution < -0.4 is 0 Å². The molecule has 0 spiro atoms. The zero-order valence-electron chi connectivity index (χ0n) is 21.5. The molecule has 1 aromatic rings. The van der Waals surface area contributed by atoms with Crippen molar-refractivity contribution in [1.29, 1.82) is 0 Å². The van der Waals surface area contributed by atoms with Gasteiger partial charge in [0.15, 0.2) is 0 Å². The quantitative estimate of drug-likeness (QED) is 0.130. The molecule has 0 N–H and O–H groups in total. The van der Waals surface area contributed by atoms with E-state index in [-0.39, 0.29) is 18.1 Å². The van der Waals surface area contributed by atoms with Gasteiger partial charge in [-0.05, 0) is 18.6 Å². The third kappa shape index (κ3) is 19.8. The summed E-state index contributed by atoms with van der Waals surface area (Å²) in [6.45, 7) is 7.18. The molecule has 0 aromatic heterocycles. The van der Waals surface area contributed by atoms with Crippen molar-refractivity contribution in [3.63, 3.8) is 0 Å². The highest BCUT2D eigenvalue weighted by Crippen LogP contribution is 2.11. The lowest BCUT2D eigenvalue weighted by atomic mass is 10.1. The molecule has 0 saturated carbocycles. The summed E-state index contributed by atoms with van der Waals surface area (Å²) >= 11 is 0. The average molecular weight is 519 g/mol. The number of benzene rings is 1. The number of ether oxygens (including phenoxy) is 5. The minimum atomic E-state index is -3.73. The highest BCUT2D eigenvalue weighted by Gasteiger charge is 2.13. The summed E-state index contributed by atoms with van der Waals surface area (Å²) in [5.74, 6) is 0. The maximum atomic E-state index is 11.9. The van der Waals surface area contributed by atoms with Crippen molar-refractivity contribution in [2.75, 3.05) is 72.7 Å². The predicted octanol–water partition coefficient (Wildman–Crippen LogP) is 4.62. The van der Waals surface area contributed by atoms with E-state index in [9.17, 15) is 8.42 Å². The van der Waals surface area contributed by atoms with Crippen molar-refractivity contribution >= 4 is 10.1 Å². The molecule has 35 heavy (non-hydrogen) atoms. The van der Waals surface area contributed by atoms with E-state index in [1.807, 2.05) is 0 Å². The van der Waals surface area contributed by atoms with Gasteiger partial charge < -0.3 is 23.7 Å². The topological polar surface area (TPSA) is 89.5 Å². The summed E-state index contributed by atoms with van der Waals surface area (Å²) in [7, 11) is -3.73. The minimum absolute atomic E-state index is 0.0371. The van der Waals surface area contributed by atoms with Gasteiger partial charge in [-0.3, -0.25) is 4.18 Å². The molecule has 0 atom stereocenters. The second-order valence-electron chi connectivity index (χ2n) is 8.13. The zero-order chi connectivity index (χ0) is 25.3. The van der Waals surface area contributed by atoms with Gasteiger partial charge >= 0.3 is 0 Å². The van der Waals surface area contributed by atoms with Crippen LogP contribution in [0, 0.1) is 0 Å². The Balaban J connectivity index is 1.73. The van der Waals surface area contributed by atoms with E-state index in [1.165, 1.54) is 57.1 Å². The SMILES string of the molecule is CCCCCCCCCCOCCOCCOCCOCCOCCOS(=O)(=O)c1ccccc1. The van der Waals surface area contributed by atoms with Gasteiger partial charge in [0.25, 0.3) is 10.1 Å². The average Bonchev–Trinajstić information content (AvgIpc) is 2.87. The van der Waals surface area contributed by atoms with Crippen molar-refractivity contribution < 1.29 is 36.3 Å². The van der Waals surface area contributed by atoms with Gasteiger partial charge in [-0.15, -0.1) is 0 Å². The molecule has 0 aliphatic carbocycles. The predicted molar refractivity (Wildman–Crippen MR) is 136 cm³/mol. The van der Waals surface area contributed by atoms with E-state index in [4.69, 9.17) is 27.9 Å². The third-order valence-electron chi connectivity index (χ3n) is 5.13. The molecule has 0 saturated heterocycles. The standard InChI is InChI=1S/C26H46O8S/c1-2-3-4-5-6-7-8-12-15-29-16-17-30-18-19-31-20-21-32-22-23-33-24-25-34-35(27,28)26-13-10-9-11-14-26/h9-11,13-14H,2-8,12,15-25H2,1H3. The second kappa shape index (κ2) is 23.3. The number of hydrogen-bond acceptors (Lipinski definition) is 8. The van der Waals surface area contributed by atoms with Gasteiger partial charge in [0, 0.05) is 6.61 Å². The van der Waals surface area contributed by atoms with E-state index >= 15 is 0 Å². The summed E-state index contributed by atoms with van der Waals surface area (Å²) in [6, 6.07) is 8.03. The van der Waals surface area contributed by atoms with Gasteiger partial charge in [0.2, 0.25) is 0 Å². The Bertz CT molecular complexity index is 669. The first kappa shape index (κ1) is 32.0. The minimum Gasteiger partial charge on any atom is -0.379 e. The molecule has 0 amide bonds. The van der Waals surface area contributed by atoms with Crippen LogP contribution in [0.2, 0.25) is 0 Å². The first-order valence-electron chi connectivity index (χ1n) is 13.0. The Morgan fingerprint density at radius 1 is 0.514 bits per heavy atom. The molecule has 204 valence electrons. The van der Waals surface area contributed by atoms with Gasteiger partial charge in [-0.2, -0.15) is 8.42 Å². The smallest absolute Gasteiger partial charge is 0.297 e. The molecule has 8 nitrogen and oxygen atoms in total. The second-order valence-corrected chi connectivity index (χ2v) is 9.74. The fourth-order valence-electron chi connectivity index (χ4n) is 3.18. The van der Waals surface area contributed by atoms with Crippen molar-refractivity contribution in [3.05, 3.63) is 30.3 Å². The van der Waals surface area contributed by atoms with Crippen molar-refractivity contribution in [2.45, 2.75) is 63.2 Å². The molecule has 1 aromatic carbocycles. The maximum Gasteiger partial charge on any atom is 0.297 e. The maximum absolute atomic E-state index is 11.9. The molecule has 0 bridgehead atoms. The van der Waals surface area contributed by atoms with Gasteiger partial charge in [-0.1, -0.05) is 70.1 Å². The van der Waals surface area contributed by atoms with Crippen LogP contribution in [0.1, 0.15) is 58.3 Å². The van der Waals surface area contributed by atoms with Crippen LogP contribution in [-0.4, -0.2) is 81.1 Å². The largest absolute Gasteiger partial charge is 0.379 e. The molecule has 1 rings (SSSR count). The fraction of sp³-hybridized carbons (Fsp3) is 0.769. The Hall–Kier alpha value is -1.07. The van der Waals surface area contributed by atoms with Gasteiger partial charge in [0.1, 0.15) is 0 Å². The Labute approximate surface area is 212 Å². The summed E-state index contributed by atoms with van der Waals surface area (Å²) in [5.41, 5.74) is 0. The summed E-state index contributed by atoms with van der Waals surface area (Å²) < 4.78 is 56.0. The van der Waals surface area contributed by atoms with Gasteiger partial charge in [0.05, 0.1) is 71.0 Å². The van der Waals surface area contributed by atoms with Crippen LogP contribution in [0.3, 0.4) is 0 Å². The monoisotopic (exact) mass is 518 g/mol. The summed E-state index contributed by atoms with van der Waals surface area (Å²) in [6.07, 6.45) is 10.5. The van der Waals surface area contributed by atoms with Gasteiger partial charge in [-0.25, -0.2) is 0 Å². The number of hydrogen-bond donors (Lipinski definition) is 0. The molecule has 0 fully saturated rings. The van der Waals surface area contributed by atoms with E-state index < -0.39 is 10.1 Å². The van der Waals surface area contributed by atoms with Crippen LogP contribution in [0.5, 0.6) is 0 Å². The molecule has 9 heteroatoms. The fourth-order valence-corrected chi connectivity index (χ4v) is 4.09.